The van der Waals surface area contributed by atoms with Gasteiger partial charge in [0.15, 0.2) is 17.3 Å². The molecule has 2 N–H and O–H groups in total. The smallest absolute Gasteiger partial charge is 0.170 e. The van der Waals surface area contributed by atoms with Gasteiger partial charge in [-0.1, -0.05) is 11.6 Å². The zero-order chi connectivity index (χ0) is 24.0. The summed E-state index contributed by atoms with van der Waals surface area (Å²) >= 11 is 6.00. The Bertz CT molecular complexity index is 1230. The number of ketones is 1. The van der Waals surface area contributed by atoms with Gasteiger partial charge in [-0.25, -0.2) is 9.37 Å². The third kappa shape index (κ3) is 4.46. The number of rotatable bonds is 6. The highest BCUT2D eigenvalue weighted by atomic mass is 35.5. The number of halogens is 2. The number of aromatic nitrogens is 2. The van der Waals surface area contributed by atoms with Crippen molar-refractivity contribution in [2.45, 2.75) is 50.6 Å². The average molecular weight is 483 g/mol. The van der Waals surface area contributed by atoms with Gasteiger partial charge in [0.2, 0.25) is 0 Å². The van der Waals surface area contributed by atoms with E-state index >= 15 is 0 Å². The number of hydrogen-bond acceptors (Lipinski definition) is 6. The van der Waals surface area contributed by atoms with E-state index in [4.69, 9.17) is 16.6 Å². The predicted molar refractivity (Wildman–Crippen MR) is 132 cm³/mol. The number of benzene rings is 1. The number of Topliss-reactive ketones (excluding diaryl/α,β-unsaturated/α-hetero) is 1. The number of hydrogen-bond donors (Lipinski definition) is 2. The van der Waals surface area contributed by atoms with Gasteiger partial charge >= 0.3 is 0 Å². The van der Waals surface area contributed by atoms with Crippen molar-refractivity contribution in [3.8, 4) is 17.0 Å². The first-order chi connectivity index (χ1) is 16.3. The molecule has 2 fully saturated rings. The van der Waals surface area contributed by atoms with Crippen LogP contribution >= 0.6 is 11.6 Å². The van der Waals surface area contributed by atoms with Crippen molar-refractivity contribution < 1.29 is 14.3 Å². The van der Waals surface area contributed by atoms with Gasteiger partial charge in [0.25, 0.3) is 0 Å². The van der Waals surface area contributed by atoms with Gasteiger partial charge in [0.05, 0.1) is 27.5 Å². The Hall–Kier alpha value is -2.77. The van der Waals surface area contributed by atoms with Crippen LogP contribution in [0.3, 0.4) is 0 Å². The fourth-order valence-corrected chi connectivity index (χ4v) is 4.99. The van der Waals surface area contributed by atoms with Crippen molar-refractivity contribution in [3.63, 3.8) is 0 Å². The molecule has 2 saturated carbocycles. The van der Waals surface area contributed by atoms with E-state index in [-0.39, 0.29) is 22.8 Å². The number of anilines is 1. The zero-order valence-corrected chi connectivity index (χ0v) is 20.1. The van der Waals surface area contributed by atoms with Crippen LogP contribution in [-0.2, 0) is 0 Å². The quantitative estimate of drug-likeness (QED) is 0.440. The van der Waals surface area contributed by atoms with Crippen molar-refractivity contribution in [2.24, 2.45) is 5.92 Å². The molecule has 6 nitrogen and oxygen atoms in total. The Morgan fingerprint density at radius 3 is 2.53 bits per heavy atom. The summed E-state index contributed by atoms with van der Waals surface area (Å²) in [5.41, 5.74) is 3.46. The molecule has 8 heteroatoms. The summed E-state index contributed by atoms with van der Waals surface area (Å²) in [4.78, 5) is 24.7. The Kier molecular flexibility index (Phi) is 6.16. The van der Waals surface area contributed by atoms with Crippen LogP contribution in [0.5, 0.6) is 5.75 Å². The molecular formula is C26H28ClFN4O2. The maximum Gasteiger partial charge on any atom is 0.170 e. The summed E-state index contributed by atoms with van der Waals surface area (Å²) in [5, 5.41) is 13.3. The van der Waals surface area contributed by atoms with E-state index in [0.717, 1.165) is 38.5 Å². The molecule has 1 aromatic carbocycles. The van der Waals surface area contributed by atoms with Crippen molar-refractivity contribution >= 4 is 34.1 Å². The lowest BCUT2D eigenvalue weighted by Crippen LogP contribution is -2.36. The summed E-state index contributed by atoms with van der Waals surface area (Å²) in [6, 6.07) is 7.05. The number of nitrogens with zero attached hydrogens (tertiary/aromatic N) is 3. The van der Waals surface area contributed by atoms with Crippen LogP contribution in [0.2, 0.25) is 5.02 Å². The van der Waals surface area contributed by atoms with Crippen LogP contribution in [-0.4, -0.2) is 51.9 Å². The van der Waals surface area contributed by atoms with Gasteiger partial charge in [-0.2, -0.15) is 0 Å². The fourth-order valence-electron chi connectivity index (χ4n) is 4.78. The minimum atomic E-state index is -0.809. The molecule has 0 saturated heterocycles. The van der Waals surface area contributed by atoms with Crippen LogP contribution in [0.15, 0.2) is 30.5 Å². The van der Waals surface area contributed by atoms with Crippen LogP contribution in [0, 0.1) is 11.7 Å². The molecule has 0 bridgehead atoms. The fraction of sp³-hybridized carbons (Fsp3) is 0.423. The second kappa shape index (κ2) is 9.12. The normalized spacial score (nSPS) is 20.6. The summed E-state index contributed by atoms with van der Waals surface area (Å²) in [7, 11) is 4.23. The van der Waals surface area contributed by atoms with Crippen molar-refractivity contribution in [1.29, 1.82) is 0 Å². The molecule has 2 aliphatic carbocycles. The number of aromatic hydroxyl groups is 1. The van der Waals surface area contributed by atoms with Crippen LogP contribution < -0.4 is 5.32 Å². The highest BCUT2D eigenvalue weighted by Gasteiger charge is 2.33. The summed E-state index contributed by atoms with van der Waals surface area (Å²) in [5.74, 6) is -1.24. The topological polar surface area (TPSA) is 78.4 Å². The van der Waals surface area contributed by atoms with Gasteiger partial charge in [-0.3, -0.25) is 9.78 Å². The van der Waals surface area contributed by atoms with E-state index < -0.39 is 11.6 Å². The van der Waals surface area contributed by atoms with E-state index in [2.05, 4.69) is 29.3 Å². The molecule has 5 rings (SSSR count). The summed E-state index contributed by atoms with van der Waals surface area (Å²) in [6.45, 7) is 0. The largest absolute Gasteiger partial charge is 0.504 e. The lowest BCUT2D eigenvalue weighted by molar-refractivity contribution is 0.0968. The first kappa shape index (κ1) is 23.0. The molecule has 34 heavy (non-hydrogen) atoms. The molecule has 0 atom stereocenters. The minimum absolute atomic E-state index is 0.0532. The van der Waals surface area contributed by atoms with E-state index in [9.17, 15) is 14.3 Å². The molecule has 0 spiro atoms. The molecular weight excluding hydrogens is 455 g/mol. The second-order valence-electron chi connectivity index (χ2n) is 9.65. The summed E-state index contributed by atoms with van der Waals surface area (Å²) < 4.78 is 14.1. The Labute approximate surface area is 203 Å². The number of carbonyl (C=O) groups excluding carboxylic acids is 1. The molecule has 2 aromatic heterocycles. The number of phenols is 1. The van der Waals surface area contributed by atoms with Crippen LogP contribution in [0.25, 0.3) is 22.3 Å². The Morgan fingerprint density at radius 1 is 1.15 bits per heavy atom. The second-order valence-corrected chi connectivity index (χ2v) is 10.1. The van der Waals surface area contributed by atoms with Gasteiger partial charge in [0.1, 0.15) is 5.52 Å². The number of pyridine rings is 2. The van der Waals surface area contributed by atoms with E-state index in [0.29, 0.717) is 39.6 Å². The van der Waals surface area contributed by atoms with Crippen molar-refractivity contribution in [2.75, 3.05) is 19.4 Å². The molecule has 0 amide bonds. The monoisotopic (exact) mass is 482 g/mol. The number of carbonyl (C=O) groups is 1. The summed E-state index contributed by atoms with van der Waals surface area (Å²) in [6.07, 6.45) is 7.65. The minimum Gasteiger partial charge on any atom is -0.504 e. The first-order valence-electron chi connectivity index (χ1n) is 11.8. The molecule has 3 aromatic rings. The van der Waals surface area contributed by atoms with Crippen LogP contribution in [0.1, 0.15) is 48.9 Å². The van der Waals surface area contributed by atoms with Gasteiger partial charge in [-0.05, 0) is 76.9 Å². The predicted octanol–water partition coefficient (Wildman–Crippen LogP) is 5.67. The molecule has 2 aliphatic rings. The van der Waals surface area contributed by atoms with Crippen molar-refractivity contribution in [3.05, 3.63) is 46.9 Å². The SMILES string of the molecule is CN(C)[C@H]1CC[C@H](Nc2c(C(=O)C3CC3)cnc3ccc(-c4cc(F)c(O)c(Cl)c4)nc23)CC1. The molecule has 2 heterocycles. The zero-order valence-electron chi connectivity index (χ0n) is 19.3. The molecule has 178 valence electrons. The Balaban J connectivity index is 1.56. The number of nitrogens with one attached hydrogen (secondary N) is 1. The highest BCUT2D eigenvalue weighted by molar-refractivity contribution is 6.32. The van der Waals surface area contributed by atoms with Crippen molar-refractivity contribution in [1.82, 2.24) is 14.9 Å². The third-order valence-corrected chi connectivity index (χ3v) is 7.30. The van der Waals surface area contributed by atoms with Gasteiger partial charge in [0, 0.05) is 29.8 Å². The highest BCUT2D eigenvalue weighted by Crippen LogP contribution is 2.38. The lowest BCUT2D eigenvalue weighted by atomic mass is 9.90. The van der Waals surface area contributed by atoms with Gasteiger partial charge in [-0.15, -0.1) is 0 Å². The maximum atomic E-state index is 14.1. The third-order valence-electron chi connectivity index (χ3n) is 7.01. The van der Waals surface area contributed by atoms with E-state index in [1.807, 2.05) is 6.07 Å². The van der Waals surface area contributed by atoms with Gasteiger partial charge < -0.3 is 15.3 Å². The average Bonchev–Trinajstić information content (AvgIpc) is 3.67. The number of phenolic OH excluding ortho intramolecular Hbond substituents is 1. The maximum absolute atomic E-state index is 14.1. The lowest BCUT2D eigenvalue weighted by Gasteiger charge is -2.33. The first-order valence-corrected chi connectivity index (χ1v) is 12.1. The number of fused-ring (bicyclic) bond motifs is 1. The molecule has 0 radical (unpaired) electrons. The van der Waals surface area contributed by atoms with E-state index in [1.54, 1.807) is 12.3 Å². The molecule has 0 aliphatic heterocycles. The Morgan fingerprint density at radius 2 is 1.88 bits per heavy atom. The van der Waals surface area contributed by atoms with E-state index in [1.165, 1.54) is 12.1 Å². The van der Waals surface area contributed by atoms with Crippen LogP contribution in [0.4, 0.5) is 10.1 Å². The molecule has 0 unspecified atom stereocenters. The standard InChI is InChI=1S/C26H28ClFN4O2/c1-32(2)17-7-5-16(6-8-17)30-23-18(25(33)14-3-4-14)13-29-22-10-9-21(31-24(22)23)15-11-19(27)26(34)20(28)12-15/h9-14,16-17,34H,3-8H2,1-2H3,(H,29,30)/t16-,17-.